The zero-order chi connectivity index (χ0) is 20.1. The molecule has 0 unspecified atom stereocenters. The molecular formula is C25H23NO3. The first-order valence-electron chi connectivity index (χ1n) is 9.79. The average Bonchev–Trinajstić information content (AvgIpc) is 3.08. The topological polar surface area (TPSA) is 51.5 Å². The summed E-state index contributed by atoms with van der Waals surface area (Å²) in [6, 6.07) is 26.2. The number of ether oxygens (including phenoxy) is 1. The Morgan fingerprint density at radius 2 is 1.55 bits per heavy atom. The molecule has 3 aromatic carbocycles. The highest BCUT2D eigenvalue weighted by Crippen LogP contribution is 2.25. The van der Waals surface area contributed by atoms with Crippen LogP contribution in [0.3, 0.4) is 0 Å². The van der Waals surface area contributed by atoms with Crippen molar-refractivity contribution in [2.75, 3.05) is 0 Å². The summed E-state index contributed by atoms with van der Waals surface area (Å²) in [5, 5.41) is 10.1. The molecule has 0 amide bonds. The molecule has 0 aliphatic heterocycles. The van der Waals surface area contributed by atoms with E-state index in [2.05, 4.69) is 35.0 Å². The number of carboxylic acids is 1. The Balaban J connectivity index is 1.50. The van der Waals surface area contributed by atoms with E-state index >= 15 is 0 Å². The number of benzene rings is 3. The maximum Gasteiger partial charge on any atom is 0.303 e. The molecule has 4 heteroatoms. The number of fused-ring (bicyclic) bond motifs is 1. The minimum atomic E-state index is -0.744. The van der Waals surface area contributed by atoms with Crippen LogP contribution in [0.2, 0.25) is 0 Å². The summed E-state index contributed by atoms with van der Waals surface area (Å²) < 4.78 is 8.10. The molecule has 0 aliphatic rings. The molecule has 0 bridgehead atoms. The predicted molar refractivity (Wildman–Crippen MR) is 115 cm³/mol. The maximum atomic E-state index is 10.8. The van der Waals surface area contributed by atoms with Crippen LogP contribution in [0.25, 0.3) is 10.9 Å². The van der Waals surface area contributed by atoms with Gasteiger partial charge < -0.3 is 14.4 Å². The van der Waals surface area contributed by atoms with E-state index in [4.69, 9.17) is 9.84 Å². The number of carboxylic acid groups (broad SMARTS) is 1. The van der Waals surface area contributed by atoms with Gasteiger partial charge in [0.05, 0.1) is 0 Å². The highest BCUT2D eigenvalue weighted by molar-refractivity contribution is 5.84. The van der Waals surface area contributed by atoms with Gasteiger partial charge in [0.2, 0.25) is 0 Å². The zero-order valence-corrected chi connectivity index (χ0v) is 16.1. The van der Waals surface area contributed by atoms with Gasteiger partial charge in [0, 0.05) is 30.1 Å². The lowest BCUT2D eigenvalue weighted by Gasteiger charge is -2.08. The molecule has 0 spiro atoms. The van der Waals surface area contributed by atoms with Gasteiger partial charge in [0.25, 0.3) is 0 Å². The van der Waals surface area contributed by atoms with Crippen molar-refractivity contribution in [3.8, 4) is 11.5 Å². The number of aryl methyl sites for hydroxylation is 1. The van der Waals surface area contributed by atoms with Crippen LogP contribution in [0.15, 0.2) is 85.1 Å². The lowest BCUT2D eigenvalue weighted by atomic mass is 10.1. The van der Waals surface area contributed by atoms with Crippen molar-refractivity contribution in [3.05, 3.63) is 96.2 Å². The molecule has 0 radical (unpaired) electrons. The molecular weight excluding hydrogens is 362 g/mol. The summed E-state index contributed by atoms with van der Waals surface area (Å²) in [5.74, 6) is 0.890. The number of hydrogen-bond donors (Lipinski definition) is 1. The highest BCUT2D eigenvalue weighted by atomic mass is 16.5. The van der Waals surface area contributed by atoms with Crippen LogP contribution >= 0.6 is 0 Å². The predicted octanol–water partition coefficient (Wildman–Crippen LogP) is 5.89. The molecule has 0 fully saturated rings. The van der Waals surface area contributed by atoms with Crippen LogP contribution in [-0.2, 0) is 17.8 Å². The fraction of sp³-hybridized carbons (Fsp3) is 0.160. The molecule has 1 N–H and O–H groups in total. The highest BCUT2D eigenvalue weighted by Gasteiger charge is 2.09. The Morgan fingerprint density at radius 3 is 2.31 bits per heavy atom. The Hall–Kier alpha value is -3.53. The number of carbonyl (C=O) groups is 1. The van der Waals surface area contributed by atoms with Gasteiger partial charge in [0.15, 0.2) is 0 Å². The Kier molecular flexibility index (Phi) is 5.61. The molecule has 29 heavy (non-hydrogen) atoms. The molecule has 1 aromatic heterocycles. The molecule has 0 saturated carbocycles. The van der Waals surface area contributed by atoms with E-state index in [1.165, 1.54) is 22.0 Å². The van der Waals surface area contributed by atoms with Crippen LogP contribution < -0.4 is 4.74 Å². The summed E-state index contributed by atoms with van der Waals surface area (Å²) in [6.07, 6.45) is 3.77. The van der Waals surface area contributed by atoms with Crippen LogP contribution in [-0.4, -0.2) is 15.6 Å². The standard InChI is InChI=1S/C25H23NO3/c27-25(28)12-6-7-20-18-26(24-11-5-4-10-23(20)24)17-19-13-15-22(16-14-19)29-21-8-2-1-3-9-21/h1-5,8-11,13-16,18H,6-7,12,17H2,(H,27,28). The molecule has 0 aliphatic carbocycles. The van der Waals surface area contributed by atoms with Gasteiger partial charge in [-0.2, -0.15) is 0 Å². The van der Waals surface area contributed by atoms with Crippen molar-refractivity contribution in [1.82, 2.24) is 4.57 Å². The minimum Gasteiger partial charge on any atom is -0.481 e. The number of nitrogens with zero attached hydrogens (tertiary/aromatic N) is 1. The van der Waals surface area contributed by atoms with Gasteiger partial charge in [-0.3, -0.25) is 4.79 Å². The normalized spacial score (nSPS) is 10.9. The quantitative estimate of drug-likeness (QED) is 0.411. The van der Waals surface area contributed by atoms with Crippen molar-refractivity contribution in [2.45, 2.75) is 25.8 Å². The van der Waals surface area contributed by atoms with Gasteiger partial charge in [-0.25, -0.2) is 0 Å². The molecule has 0 saturated heterocycles. The zero-order valence-electron chi connectivity index (χ0n) is 16.1. The first kappa shape index (κ1) is 18.8. The third-order valence-corrected chi connectivity index (χ3v) is 4.96. The summed E-state index contributed by atoms with van der Waals surface area (Å²) in [6.45, 7) is 0.755. The van der Waals surface area contributed by atoms with E-state index in [0.29, 0.717) is 6.42 Å². The van der Waals surface area contributed by atoms with Crippen molar-refractivity contribution < 1.29 is 14.6 Å². The van der Waals surface area contributed by atoms with E-state index in [1.54, 1.807) is 0 Å². The minimum absolute atomic E-state index is 0.197. The van der Waals surface area contributed by atoms with Crippen molar-refractivity contribution in [2.24, 2.45) is 0 Å². The molecule has 146 valence electrons. The van der Waals surface area contributed by atoms with Gasteiger partial charge in [0.1, 0.15) is 11.5 Å². The summed E-state index contributed by atoms with van der Waals surface area (Å²) in [7, 11) is 0. The fourth-order valence-electron chi connectivity index (χ4n) is 3.57. The van der Waals surface area contributed by atoms with E-state index in [9.17, 15) is 4.79 Å². The Morgan fingerprint density at radius 1 is 0.862 bits per heavy atom. The fourth-order valence-corrected chi connectivity index (χ4v) is 3.57. The van der Waals surface area contributed by atoms with E-state index in [1.807, 2.05) is 54.6 Å². The third kappa shape index (κ3) is 4.66. The van der Waals surface area contributed by atoms with Gasteiger partial charge >= 0.3 is 5.97 Å². The Labute approximate surface area is 170 Å². The Bertz CT molecular complexity index is 1100. The van der Waals surface area contributed by atoms with Crippen LogP contribution in [0.4, 0.5) is 0 Å². The first-order chi connectivity index (χ1) is 14.2. The maximum absolute atomic E-state index is 10.8. The molecule has 0 atom stereocenters. The van der Waals surface area contributed by atoms with Crippen molar-refractivity contribution in [3.63, 3.8) is 0 Å². The molecule has 4 aromatic rings. The summed E-state index contributed by atoms with van der Waals surface area (Å²) in [5.41, 5.74) is 3.55. The van der Waals surface area contributed by atoms with Crippen molar-refractivity contribution >= 4 is 16.9 Å². The molecule has 1 heterocycles. The summed E-state index contributed by atoms with van der Waals surface area (Å²) >= 11 is 0. The number of aliphatic carboxylic acids is 1. The number of aromatic nitrogens is 1. The second kappa shape index (κ2) is 8.65. The largest absolute Gasteiger partial charge is 0.481 e. The molecule has 4 nitrogen and oxygen atoms in total. The second-order valence-corrected chi connectivity index (χ2v) is 7.11. The van der Waals surface area contributed by atoms with Crippen LogP contribution in [0.5, 0.6) is 11.5 Å². The smallest absolute Gasteiger partial charge is 0.303 e. The lowest BCUT2D eigenvalue weighted by molar-refractivity contribution is -0.137. The monoisotopic (exact) mass is 385 g/mol. The lowest BCUT2D eigenvalue weighted by Crippen LogP contribution is -1.98. The molecule has 4 rings (SSSR count). The SMILES string of the molecule is O=C(O)CCCc1cn(Cc2ccc(Oc3ccccc3)cc2)c2ccccc12. The van der Waals surface area contributed by atoms with E-state index in [-0.39, 0.29) is 6.42 Å². The van der Waals surface area contributed by atoms with E-state index < -0.39 is 5.97 Å². The average molecular weight is 385 g/mol. The van der Waals surface area contributed by atoms with Gasteiger partial charge in [-0.1, -0.05) is 48.5 Å². The number of rotatable bonds is 8. The second-order valence-electron chi connectivity index (χ2n) is 7.11. The van der Waals surface area contributed by atoms with Gasteiger partial charge in [-0.05, 0) is 54.3 Å². The van der Waals surface area contributed by atoms with Crippen LogP contribution in [0, 0.1) is 0 Å². The van der Waals surface area contributed by atoms with Crippen molar-refractivity contribution in [1.29, 1.82) is 0 Å². The summed E-state index contributed by atoms with van der Waals surface area (Å²) in [4.78, 5) is 10.8. The third-order valence-electron chi connectivity index (χ3n) is 4.96. The van der Waals surface area contributed by atoms with Crippen LogP contribution in [0.1, 0.15) is 24.0 Å². The van der Waals surface area contributed by atoms with Gasteiger partial charge in [-0.15, -0.1) is 0 Å². The van der Waals surface area contributed by atoms with E-state index in [0.717, 1.165) is 24.5 Å². The number of hydrogen-bond acceptors (Lipinski definition) is 2. The number of para-hydroxylation sites is 2. The first-order valence-corrected chi connectivity index (χ1v) is 9.79.